The van der Waals surface area contributed by atoms with Gasteiger partial charge in [-0.1, -0.05) is 19.9 Å². The molecule has 4 heteroatoms. The molecule has 0 bridgehead atoms. The standard InChI is InChI=1S/C14H23NO3/c1-9(2)13(15-3)14(16)10-6-7-11(17-4)12(8-10)18-5/h6-9,13-16H,1-5H3. The van der Waals surface area contributed by atoms with Crippen molar-refractivity contribution in [2.75, 3.05) is 21.3 Å². The first-order valence-corrected chi connectivity index (χ1v) is 6.12. The minimum atomic E-state index is -0.574. The fourth-order valence-electron chi connectivity index (χ4n) is 2.10. The lowest BCUT2D eigenvalue weighted by molar-refractivity contribution is 0.109. The van der Waals surface area contributed by atoms with E-state index in [2.05, 4.69) is 19.2 Å². The number of methoxy groups -OCH3 is 2. The first kappa shape index (κ1) is 14.8. The molecule has 1 aromatic carbocycles. The molecule has 1 rings (SSSR count). The Balaban J connectivity index is 3.02. The molecule has 0 aliphatic carbocycles. The Morgan fingerprint density at radius 1 is 1.11 bits per heavy atom. The molecule has 0 radical (unpaired) electrons. The topological polar surface area (TPSA) is 50.7 Å². The van der Waals surface area contributed by atoms with E-state index in [0.717, 1.165) is 5.56 Å². The number of nitrogens with one attached hydrogen (secondary N) is 1. The van der Waals surface area contributed by atoms with E-state index in [-0.39, 0.29) is 6.04 Å². The number of benzene rings is 1. The lowest BCUT2D eigenvalue weighted by Gasteiger charge is -2.26. The van der Waals surface area contributed by atoms with Crippen molar-refractivity contribution in [3.05, 3.63) is 23.8 Å². The summed E-state index contributed by atoms with van der Waals surface area (Å²) in [5.41, 5.74) is 0.820. The molecule has 0 saturated heterocycles. The first-order chi connectivity index (χ1) is 8.54. The maximum absolute atomic E-state index is 10.4. The van der Waals surface area contributed by atoms with Gasteiger partial charge in [0.05, 0.1) is 20.3 Å². The molecule has 4 nitrogen and oxygen atoms in total. The summed E-state index contributed by atoms with van der Waals surface area (Å²) in [5.74, 6) is 1.63. The smallest absolute Gasteiger partial charge is 0.161 e. The first-order valence-electron chi connectivity index (χ1n) is 6.12. The molecule has 0 saturated carbocycles. The number of hydrogen-bond acceptors (Lipinski definition) is 4. The Morgan fingerprint density at radius 3 is 2.17 bits per heavy atom. The van der Waals surface area contributed by atoms with Gasteiger partial charge < -0.3 is 19.9 Å². The van der Waals surface area contributed by atoms with Crippen LogP contribution in [0.2, 0.25) is 0 Å². The zero-order valence-corrected chi connectivity index (χ0v) is 11.7. The Bertz CT molecular complexity index is 379. The van der Waals surface area contributed by atoms with Crippen LogP contribution in [-0.4, -0.2) is 32.4 Å². The number of aliphatic hydroxyl groups excluding tert-OH is 1. The second kappa shape index (κ2) is 6.61. The van der Waals surface area contributed by atoms with E-state index in [1.165, 1.54) is 0 Å². The molecule has 0 aromatic heterocycles. The van der Waals surface area contributed by atoms with Gasteiger partial charge in [0.1, 0.15) is 0 Å². The Hall–Kier alpha value is -1.26. The third-order valence-corrected chi connectivity index (χ3v) is 3.14. The highest BCUT2D eigenvalue weighted by atomic mass is 16.5. The van der Waals surface area contributed by atoms with Gasteiger partial charge in [0, 0.05) is 6.04 Å². The monoisotopic (exact) mass is 253 g/mol. The van der Waals surface area contributed by atoms with E-state index in [1.54, 1.807) is 14.2 Å². The quantitative estimate of drug-likeness (QED) is 0.814. The summed E-state index contributed by atoms with van der Waals surface area (Å²) < 4.78 is 10.4. The summed E-state index contributed by atoms with van der Waals surface area (Å²) >= 11 is 0. The molecular weight excluding hydrogens is 230 g/mol. The predicted molar refractivity (Wildman–Crippen MR) is 72.2 cm³/mol. The molecule has 2 atom stereocenters. The van der Waals surface area contributed by atoms with Gasteiger partial charge in [-0.05, 0) is 30.7 Å². The number of likely N-dealkylation sites (N-methyl/N-ethyl adjacent to an activating group) is 1. The summed E-state index contributed by atoms with van der Waals surface area (Å²) in [6.07, 6.45) is -0.574. The van der Waals surface area contributed by atoms with E-state index < -0.39 is 6.10 Å². The third kappa shape index (κ3) is 3.15. The fraction of sp³-hybridized carbons (Fsp3) is 0.571. The second-order valence-corrected chi connectivity index (χ2v) is 4.62. The minimum absolute atomic E-state index is 0.00287. The van der Waals surface area contributed by atoms with E-state index >= 15 is 0 Å². The van der Waals surface area contributed by atoms with Crippen molar-refractivity contribution in [2.45, 2.75) is 26.0 Å². The molecule has 0 fully saturated rings. The normalized spacial score (nSPS) is 14.4. The van der Waals surface area contributed by atoms with Gasteiger partial charge in [-0.2, -0.15) is 0 Å². The van der Waals surface area contributed by atoms with E-state index in [9.17, 15) is 5.11 Å². The SMILES string of the molecule is CNC(C(C)C)C(O)c1ccc(OC)c(OC)c1. The highest BCUT2D eigenvalue weighted by molar-refractivity contribution is 5.43. The largest absolute Gasteiger partial charge is 0.493 e. The van der Waals surface area contributed by atoms with Crippen LogP contribution >= 0.6 is 0 Å². The Morgan fingerprint density at radius 2 is 1.72 bits per heavy atom. The lowest BCUT2D eigenvalue weighted by Crippen LogP contribution is -2.36. The van der Waals surface area contributed by atoms with Crippen molar-refractivity contribution >= 4 is 0 Å². The molecule has 2 unspecified atom stereocenters. The molecule has 0 aliphatic heterocycles. The van der Waals surface area contributed by atoms with Crippen molar-refractivity contribution in [1.29, 1.82) is 0 Å². The van der Waals surface area contributed by atoms with Gasteiger partial charge in [-0.15, -0.1) is 0 Å². The second-order valence-electron chi connectivity index (χ2n) is 4.62. The average Bonchev–Trinajstić information content (AvgIpc) is 2.38. The van der Waals surface area contributed by atoms with Crippen LogP contribution in [0.25, 0.3) is 0 Å². The Labute approximate surface area is 109 Å². The Kier molecular flexibility index (Phi) is 5.44. The molecule has 18 heavy (non-hydrogen) atoms. The van der Waals surface area contributed by atoms with Crippen molar-refractivity contribution in [1.82, 2.24) is 5.32 Å². The van der Waals surface area contributed by atoms with Crippen LogP contribution in [0.4, 0.5) is 0 Å². The van der Waals surface area contributed by atoms with Gasteiger partial charge in [-0.25, -0.2) is 0 Å². The fourth-order valence-corrected chi connectivity index (χ4v) is 2.10. The van der Waals surface area contributed by atoms with E-state index in [1.807, 2.05) is 25.2 Å². The van der Waals surface area contributed by atoms with Crippen LogP contribution in [0, 0.1) is 5.92 Å². The van der Waals surface area contributed by atoms with Crippen LogP contribution in [0.1, 0.15) is 25.5 Å². The number of ether oxygens (including phenoxy) is 2. The highest BCUT2D eigenvalue weighted by Gasteiger charge is 2.23. The molecule has 0 heterocycles. The lowest BCUT2D eigenvalue weighted by atomic mass is 9.93. The highest BCUT2D eigenvalue weighted by Crippen LogP contribution is 2.31. The van der Waals surface area contributed by atoms with Crippen molar-refractivity contribution in [2.24, 2.45) is 5.92 Å². The molecule has 0 spiro atoms. The molecular formula is C14H23NO3. The van der Waals surface area contributed by atoms with Crippen LogP contribution in [-0.2, 0) is 0 Å². The van der Waals surface area contributed by atoms with E-state index in [4.69, 9.17) is 9.47 Å². The van der Waals surface area contributed by atoms with Crippen LogP contribution < -0.4 is 14.8 Å². The molecule has 102 valence electrons. The summed E-state index contributed by atoms with van der Waals surface area (Å²) in [7, 11) is 5.04. The van der Waals surface area contributed by atoms with Gasteiger partial charge in [0.15, 0.2) is 11.5 Å². The van der Waals surface area contributed by atoms with Gasteiger partial charge in [-0.3, -0.25) is 0 Å². The zero-order chi connectivity index (χ0) is 13.7. The molecule has 0 aliphatic rings. The van der Waals surface area contributed by atoms with Crippen LogP contribution in [0.3, 0.4) is 0 Å². The van der Waals surface area contributed by atoms with E-state index in [0.29, 0.717) is 17.4 Å². The maximum Gasteiger partial charge on any atom is 0.161 e. The van der Waals surface area contributed by atoms with Crippen LogP contribution in [0.15, 0.2) is 18.2 Å². The number of hydrogen-bond donors (Lipinski definition) is 2. The van der Waals surface area contributed by atoms with Gasteiger partial charge in [0.2, 0.25) is 0 Å². The zero-order valence-electron chi connectivity index (χ0n) is 11.7. The van der Waals surface area contributed by atoms with Crippen LogP contribution in [0.5, 0.6) is 11.5 Å². The predicted octanol–water partition coefficient (Wildman–Crippen LogP) is 1.98. The van der Waals surface area contributed by atoms with Gasteiger partial charge in [0.25, 0.3) is 0 Å². The maximum atomic E-state index is 10.4. The van der Waals surface area contributed by atoms with Crippen molar-refractivity contribution in [3.63, 3.8) is 0 Å². The van der Waals surface area contributed by atoms with Crippen molar-refractivity contribution in [3.8, 4) is 11.5 Å². The third-order valence-electron chi connectivity index (χ3n) is 3.14. The average molecular weight is 253 g/mol. The summed E-state index contributed by atoms with van der Waals surface area (Å²) in [6.45, 7) is 4.15. The summed E-state index contributed by atoms with van der Waals surface area (Å²) in [4.78, 5) is 0. The van der Waals surface area contributed by atoms with Gasteiger partial charge >= 0.3 is 0 Å². The molecule has 0 amide bonds. The molecule has 1 aromatic rings. The number of rotatable bonds is 6. The molecule has 2 N–H and O–H groups in total. The summed E-state index contributed by atoms with van der Waals surface area (Å²) in [6, 6.07) is 5.49. The summed E-state index contributed by atoms with van der Waals surface area (Å²) in [5, 5.41) is 13.5. The number of aliphatic hydroxyl groups is 1. The van der Waals surface area contributed by atoms with Crippen molar-refractivity contribution < 1.29 is 14.6 Å². The minimum Gasteiger partial charge on any atom is -0.493 e.